The lowest BCUT2D eigenvalue weighted by Gasteiger charge is -2.28. The first-order chi connectivity index (χ1) is 10.1. The Kier molecular flexibility index (Phi) is 5.06. The predicted molar refractivity (Wildman–Crippen MR) is 77.3 cm³/mol. The first-order valence-electron chi connectivity index (χ1n) is 6.71. The van der Waals surface area contributed by atoms with Crippen molar-refractivity contribution < 1.29 is 21.6 Å². The van der Waals surface area contributed by atoms with Gasteiger partial charge in [0.05, 0.1) is 10.5 Å². The van der Waals surface area contributed by atoms with E-state index in [1.807, 2.05) is 6.92 Å². The Labute approximate surface area is 132 Å². The lowest BCUT2D eigenvalue weighted by atomic mass is 10.0. The second-order valence-corrected chi connectivity index (χ2v) is 7.52. The van der Waals surface area contributed by atoms with Crippen molar-refractivity contribution in [3.05, 3.63) is 28.8 Å². The van der Waals surface area contributed by atoms with Crippen LogP contribution in [-0.4, -0.2) is 27.0 Å². The Balaban J connectivity index is 2.27. The summed E-state index contributed by atoms with van der Waals surface area (Å²) >= 11 is 5.63. The van der Waals surface area contributed by atoms with Crippen molar-refractivity contribution in [1.29, 1.82) is 0 Å². The molecule has 1 heterocycles. The topological polar surface area (TPSA) is 58.2 Å². The fraction of sp³-hybridized carbons (Fsp3) is 0.538. The SMILES string of the molecule is CC1CC(NS(=O)(=O)c2cc(Cl)cc(C(F)(F)F)c2)CCN1. The number of hydrogen-bond donors (Lipinski definition) is 2. The van der Waals surface area contributed by atoms with Gasteiger partial charge in [-0.3, -0.25) is 0 Å². The monoisotopic (exact) mass is 356 g/mol. The number of halogens is 4. The van der Waals surface area contributed by atoms with Crippen LogP contribution in [0.25, 0.3) is 0 Å². The average molecular weight is 357 g/mol. The van der Waals surface area contributed by atoms with Crippen LogP contribution < -0.4 is 10.0 Å². The third-order valence-corrected chi connectivity index (χ3v) is 5.17. The lowest BCUT2D eigenvalue weighted by molar-refractivity contribution is -0.137. The summed E-state index contributed by atoms with van der Waals surface area (Å²) in [7, 11) is -4.05. The van der Waals surface area contributed by atoms with Crippen LogP contribution in [0.5, 0.6) is 0 Å². The number of nitrogens with one attached hydrogen (secondary N) is 2. The van der Waals surface area contributed by atoms with Gasteiger partial charge in [0.1, 0.15) is 0 Å². The van der Waals surface area contributed by atoms with Gasteiger partial charge in [0.2, 0.25) is 10.0 Å². The average Bonchev–Trinajstić information content (AvgIpc) is 2.36. The molecule has 124 valence electrons. The van der Waals surface area contributed by atoms with Crippen molar-refractivity contribution >= 4 is 21.6 Å². The first-order valence-corrected chi connectivity index (χ1v) is 8.57. The van der Waals surface area contributed by atoms with Crippen LogP contribution in [0.1, 0.15) is 25.3 Å². The van der Waals surface area contributed by atoms with Gasteiger partial charge in [-0.2, -0.15) is 13.2 Å². The summed E-state index contributed by atoms with van der Waals surface area (Å²) in [6.07, 6.45) is -3.50. The minimum absolute atomic E-state index is 0.145. The van der Waals surface area contributed by atoms with Crippen LogP contribution in [-0.2, 0) is 16.2 Å². The quantitative estimate of drug-likeness (QED) is 0.875. The van der Waals surface area contributed by atoms with E-state index in [0.717, 1.165) is 6.07 Å². The Morgan fingerprint density at radius 1 is 1.32 bits per heavy atom. The molecule has 2 rings (SSSR count). The molecule has 0 spiro atoms. The zero-order chi connectivity index (χ0) is 16.5. The Bertz CT molecular complexity index is 649. The molecule has 4 nitrogen and oxygen atoms in total. The number of alkyl halides is 3. The van der Waals surface area contributed by atoms with Gasteiger partial charge in [-0.1, -0.05) is 11.6 Å². The maximum Gasteiger partial charge on any atom is 0.416 e. The normalized spacial score (nSPS) is 23.5. The van der Waals surface area contributed by atoms with E-state index >= 15 is 0 Å². The minimum Gasteiger partial charge on any atom is -0.314 e. The van der Waals surface area contributed by atoms with Crippen molar-refractivity contribution in [3.63, 3.8) is 0 Å². The van der Waals surface area contributed by atoms with Gasteiger partial charge in [-0.05, 0) is 44.5 Å². The number of benzene rings is 1. The molecule has 22 heavy (non-hydrogen) atoms. The van der Waals surface area contributed by atoms with E-state index in [4.69, 9.17) is 11.6 Å². The van der Waals surface area contributed by atoms with Gasteiger partial charge in [0.25, 0.3) is 0 Å². The molecule has 9 heteroatoms. The third-order valence-electron chi connectivity index (χ3n) is 3.45. The summed E-state index contributed by atoms with van der Waals surface area (Å²) < 4.78 is 65.3. The van der Waals surface area contributed by atoms with Gasteiger partial charge in [0.15, 0.2) is 0 Å². The zero-order valence-corrected chi connectivity index (χ0v) is 13.3. The molecule has 0 amide bonds. The van der Waals surface area contributed by atoms with Crippen molar-refractivity contribution in [2.45, 2.75) is 42.9 Å². The Hall–Kier alpha value is -0.830. The first kappa shape index (κ1) is 17.5. The maximum atomic E-state index is 12.8. The van der Waals surface area contributed by atoms with E-state index < -0.39 is 26.7 Å². The number of rotatable bonds is 3. The zero-order valence-electron chi connectivity index (χ0n) is 11.7. The van der Waals surface area contributed by atoms with Crippen molar-refractivity contribution in [2.75, 3.05) is 6.54 Å². The van der Waals surface area contributed by atoms with Crippen LogP contribution in [0.2, 0.25) is 5.02 Å². The highest BCUT2D eigenvalue weighted by molar-refractivity contribution is 7.89. The van der Waals surface area contributed by atoms with Crippen LogP contribution in [0, 0.1) is 0 Å². The van der Waals surface area contributed by atoms with Gasteiger partial charge >= 0.3 is 6.18 Å². The van der Waals surface area contributed by atoms with Crippen LogP contribution in [0.15, 0.2) is 23.1 Å². The molecule has 2 N–H and O–H groups in total. The van der Waals surface area contributed by atoms with E-state index in [1.165, 1.54) is 0 Å². The molecule has 1 aliphatic heterocycles. The van der Waals surface area contributed by atoms with Gasteiger partial charge < -0.3 is 5.32 Å². The smallest absolute Gasteiger partial charge is 0.314 e. The van der Waals surface area contributed by atoms with Crippen LogP contribution in [0.4, 0.5) is 13.2 Å². The maximum absolute atomic E-state index is 12.8. The molecule has 2 unspecified atom stereocenters. The molecular weight excluding hydrogens is 341 g/mol. The van der Waals surface area contributed by atoms with Gasteiger partial charge in [-0.15, -0.1) is 0 Å². The van der Waals surface area contributed by atoms with Crippen LogP contribution in [0.3, 0.4) is 0 Å². The molecule has 1 aromatic carbocycles. The molecule has 0 saturated carbocycles. The summed E-state index contributed by atoms with van der Waals surface area (Å²) in [5.41, 5.74) is -1.08. The Morgan fingerprint density at radius 2 is 2.00 bits per heavy atom. The predicted octanol–water partition coefficient (Wildman–Crippen LogP) is 2.78. The summed E-state index contributed by atoms with van der Waals surface area (Å²) in [6, 6.07) is 2.15. The standard InChI is InChI=1S/C13H16ClF3N2O2S/c1-8-4-11(2-3-18-8)19-22(20,21)12-6-9(13(15,16)17)5-10(14)7-12/h5-8,11,18-19H,2-4H2,1H3. The summed E-state index contributed by atoms with van der Waals surface area (Å²) in [4.78, 5) is -0.474. The summed E-state index contributed by atoms with van der Waals surface area (Å²) in [5.74, 6) is 0. The fourth-order valence-electron chi connectivity index (χ4n) is 2.41. The van der Waals surface area contributed by atoms with E-state index in [-0.39, 0.29) is 17.1 Å². The molecule has 0 aliphatic carbocycles. The summed E-state index contributed by atoms with van der Waals surface area (Å²) in [6.45, 7) is 2.57. The molecule has 1 fully saturated rings. The highest BCUT2D eigenvalue weighted by atomic mass is 35.5. The highest BCUT2D eigenvalue weighted by Gasteiger charge is 2.33. The molecule has 0 bridgehead atoms. The van der Waals surface area contributed by atoms with Crippen LogP contribution >= 0.6 is 11.6 Å². The lowest BCUT2D eigenvalue weighted by Crippen LogP contribution is -2.46. The number of piperidine rings is 1. The number of sulfonamides is 1. The van der Waals surface area contributed by atoms with E-state index in [2.05, 4.69) is 10.0 Å². The van der Waals surface area contributed by atoms with Crippen molar-refractivity contribution in [2.24, 2.45) is 0 Å². The van der Waals surface area contributed by atoms with Gasteiger partial charge in [0, 0.05) is 17.1 Å². The second kappa shape index (κ2) is 6.35. The summed E-state index contributed by atoms with van der Waals surface area (Å²) in [5, 5.41) is 2.90. The molecule has 1 aromatic rings. The van der Waals surface area contributed by atoms with Crippen molar-refractivity contribution in [3.8, 4) is 0 Å². The molecule has 1 aliphatic rings. The molecule has 0 aromatic heterocycles. The van der Waals surface area contributed by atoms with Gasteiger partial charge in [-0.25, -0.2) is 13.1 Å². The second-order valence-electron chi connectivity index (χ2n) is 5.37. The molecular formula is C13H16ClF3N2O2S. The Morgan fingerprint density at radius 3 is 2.59 bits per heavy atom. The van der Waals surface area contributed by atoms with Crippen molar-refractivity contribution in [1.82, 2.24) is 10.0 Å². The third kappa shape index (κ3) is 4.34. The van der Waals surface area contributed by atoms with E-state index in [1.54, 1.807) is 0 Å². The number of hydrogen-bond acceptors (Lipinski definition) is 3. The van der Waals surface area contributed by atoms with E-state index in [0.29, 0.717) is 31.5 Å². The highest BCUT2D eigenvalue weighted by Crippen LogP contribution is 2.33. The largest absolute Gasteiger partial charge is 0.416 e. The van der Waals surface area contributed by atoms with E-state index in [9.17, 15) is 21.6 Å². The molecule has 2 atom stereocenters. The molecule has 0 radical (unpaired) electrons. The molecule has 1 saturated heterocycles. The minimum atomic E-state index is -4.65. The fourth-order valence-corrected chi connectivity index (χ4v) is 4.06.